The number of furan rings is 1. The fourth-order valence-electron chi connectivity index (χ4n) is 2.04. The number of nitrogens with zero attached hydrogens (tertiary/aromatic N) is 1. The Bertz CT molecular complexity index is 698. The predicted octanol–water partition coefficient (Wildman–Crippen LogP) is 1.96. The monoisotopic (exact) mass is 241 g/mol. The van der Waals surface area contributed by atoms with Crippen LogP contribution >= 0.6 is 0 Å². The highest BCUT2D eigenvalue weighted by Crippen LogP contribution is 2.30. The molecule has 18 heavy (non-hydrogen) atoms. The van der Waals surface area contributed by atoms with Crippen LogP contribution in [0.2, 0.25) is 0 Å². The molecule has 3 aromatic rings. The molecular weight excluding hydrogens is 230 g/mol. The van der Waals surface area contributed by atoms with Gasteiger partial charge in [0.1, 0.15) is 0 Å². The van der Waals surface area contributed by atoms with E-state index >= 15 is 0 Å². The van der Waals surface area contributed by atoms with Crippen LogP contribution < -0.4 is 5.73 Å². The molecule has 0 saturated carbocycles. The van der Waals surface area contributed by atoms with Gasteiger partial charge in [0.2, 0.25) is 0 Å². The van der Waals surface area contributed by atoms with Crippen molar-refractivity contribution >= 4 is 16.7 Å². The molecule has 0 atom stereocenters. The summed E-state index contributed by atoms with van der Waals surface area (Å²) in [7, 11) is 0. The summed E-state index contributed by atoms with van der Waals surface area (Å²) in [6.45, 7) is -0.0387. The Balaban J connectivity index is 2.33. The number of nitrogens with two attached hydrogens (primary N) is 1. The second-order valence-corrected chi connectivity index (χ2v) is 3.90. The maximum Gasteiger partial charge on any atom is 0.179 e. The van der Waals surface area contributed by atoms with E-state index in [1.54, 1.807) is 36.9 Å². The average molecular weight is 241 g/mol. The van der Waals surface area contributed by atoms with Crippen molar-refractivity contribution < 1.29 is 9.21 Å². The summed E-state index contributed by atoms with van der Waals surface area (Å²) in [5.74, 6) is 0.488. The minimum atomic E-state index is -0.126. The second kappa shape index (κ2) is 4.12. The number of aromatic amines is 1. The van der Waals surface area contributed by atoms with Crippen molar-refractivity contribution in [3.63, 3.8) is 0 Å². The molecule has 3 heterocycles. The smallest absolute Gasteiger partial charge is 0.179 e. The van der Waals surface area contributed by atoms with E-state index < -0.39 is 0 Å². The van der Waals surface area contributed by atoms with Gasteiger partial charge in [-0.1, -0.05) is 0 Å². The molecule has 3 aromatic heterocycles. The summed E-state index contributed by atoms with van der Waals surface area (Å²) in [5.41, 5.74) is 7.47. The van der Waals surface area contributed by atoms with Gasteiger partial charge in [-0.3, -0.25) is 9.78 Å². The van der Waals surface area contributed by atoms with Gasteiger partial charge in [0.25, 0.3) is 0 Å². The number of rotatable bonds is 3. The minimum Gasteiger partial charge on any atom is -0.463 e. The first-order valence-electron chi connectivity index (χ1n) is 5.54. The van der Waals surface area contributed by atoms with Crippen LogP contribution in [0.4, 0.5) is 0 Å². The highest BCUT2D eigenvalue weighted by molar-refractivity contribution is 6.13. The standard InChI is InChI=1S/C13H11N3O2/c14-6-10(17)12-8-3-4-15-7-9(8)16-13(12)11-2-1-5-18-11/h1-5,7,16H,6,14H2. The molecule has 0 saturated heterocycles. The van der Waals surface area contributed by atoms with Gasteiger partial charge in [-0.15, -0.1) is 0 Å². The van der Waals surface area contributed by atoms with Crippen molar-refractivity contribution in [2.45, 2.75) is 0 Å². The topological polar surface area (TPSA) is 84.9 Å². The van der Waals surface area contributed by atoms with Gasteiger partial charge in [-0.2, -0.15) is 0 Å². The molecular formula is C13H11N3O2. The first-order valence-corrected chi connectivity index (χ1v) is 5.54. The molecule has 0 aliphatic rings. The third-order valence-electron chi connectivity index (χ3n) is 2.83. The summed E-state index contributed by atoms with van der Waals surface area (Å²) < 4.78 is 5.34. The highest BCUT2D eigenvalue weighted by Gasteiger charge is 2.19. The first-order chi connectivity index (χ1) is 8.81. The number of fused-ring (bicyclic) bond motifs is 1. The quantitative estimate of drug-likeness (QED) is 0.686. The van der Waals surface area contributed by atoms with E-state index in [9.17, 15) is 4.79 Å². The van der Waals surface area contributed by atoms with Crippen LogP contribution in [-0.2, 0) is 0 Å². The van der Waals surface area contributed by atoms with Crippen molar-refractivity contribution in [1.29, 1.82) is 0 Å². The summed E-state index contributed by atoms with van der Waals surface area (Å²) in [6, 6.07) is 5.36. The lowest BCUT2D eigenvalue weighted by atomic mass is 10.1. The summed E-state index contributed by atoms with van der Waals surface area (Å²) in [5, 5.41) is 0.812. The number of nitrogens with one attached hydrogen (secondary N) is 1. The maximum absolute atomic E-state index is 12.0. The van der Waals surface area contributed by atoms with Gasteiger partial charge in [0.05, 0.1) is 35.8 Å². The molecule has 0 aromatic carbocycles. The number of ketones is 1. The number of carbonyl (C=O) groups is 1. The zero-order chi connectivity index (χ0) is 12.5. The van der Waals surface area contributed by atoms with Gasteiger partial charge in [0, 0.05) is 11.6 Å². The molecule has 5 nitrogen and oxygen atoms in total. The fourth-order valence-corrected chi connectivity index (χ4v) is 2.04. The minimum absolute atomic E-state index is 0.0387. The van der Waals surface area contributed by atoms with Gasteiger partial charge < -0.3 is 15.1 Å². The molecule has 0 amide bonds. The van der Waals surface area contributed by atoms with Gasteiger partial charge in [0.15, 0.2) is 11.5 Å². The second-order valence-electron chi connectivity index (χ2n) is 3.90. The summed E-state index contributed by atoms with van der Waals surface area (Å²) >= 11 is 0. The van der Waals surface area contributed by atoms with Crippen molar-refractivity contribution in [2.75, 3.05) is 6.54 Å². The number of H-pyrrole nitrogens is 1. The van der Waals surface area contributed by atoms with E-state index in [0.29, 0.717) is 17.0 Å². The largest absolute Gasteiger partial charge is 0.463 e. The van der Waals surface area contributed by atoms with Crippen LogP contribution in [-0.4, -0.2) is 22.3 Å². The molecule has 0 bridgehead atoms. The number of carbonyl (C=O) groups excluding carboxylic acids is 1. The van der Waals surface area contributed by atoms with Gasteiger partial charge >= 0.3 is 0 Å². The molecule has 0 fully saturated rings. The van der Waals surface area contributed by atoms with E-state index in [1.165, 1.54) is 0 Å². The molecule has 0 unspecified atom stereocenters. The van der Waals surface area contributed by atoms with Crippen molar-refractivity contribution in [3.8, 4) is 11.5 Å². The predicted molar refractivity (Wildman–Crippen MR) is 67.2 cm³/mol. The first kappa shape index (κ1) is 10.7. The zero-order valence-corrected chi connectivity index (χ0v) is 9.51. The van der Waals surface area contributed by atoms with Crippen LogP contribution in [0.25, 0.3) is 22.4 Å². The van der Waals surface area contributed by atoms with Crippen LogP contribution in [0.15, 0.2) is 41.3 Å². The summed E-state index contributed by atoms with van der Waals surface area (Å²) in [4.78, 5) is 19.2. The third kappa shape index (κ3) is 1.53. The SMILES string of the molecule is NCC(=O)c1c(-c2ccco2)[nH]c2cnccc12. The Labute approximate surface area is 103 Å². The molecule has 5 heteroatoms. The van der Waals surface area contributed by atoms with E-state index in [0.717, 1.165) is 10.9 Å². The summed E-state index contributed by atoms with van der Waals surface area (Å²) in [6.07, 6.45) is 4.89. The molecule has 0 aliphatic heterocycles. The van der Waals surface area contributed by atoms with Gasteiger partial charge in [-0.05, 0) is 18.2 Å². The van der Waals surface area contributed by atoms with E-state index in [2.05, 4.69) is 9.97 Å². The number of hydrogen-bond acceptors (Lipinski definition) is 4. The molecule has 0 radical (unpaired) electrons. The highest BCUT2D eigenvalue weighted by atomic mass is 16.3. The average Bonchev–Trinajstić information content (AvgIpc) is 3.04. The lowest BCUT2D eigenvalue weighted by Gasteiger charge is -1.99. The third-order valence-corrected chi connectivity index (χ3v) is 2.83. The lowest BCUT2D eigenvalue weighted by Crippen LogP contribution is -2.14. The molecule has 0 aliphatic carbocycles. The fraction of sp³-hybridized carbons (Fsp3) is 0.0769. The van der Waals surface area contributed by atoms with Crippen LogP contribution in [0.1, 0.15) is 10.4 Å². The Morgan fingerprint density at radius 2 is 2.33 bits per heavy atom. The van der Waals surface area contributed by atoms with Crippen molar-refractivity contribution in [3.05, 3.63) is 42.4 Å². The Morgan fingerprint density at radius 1 is 1.44 bits per heavy atom. The van der Waals surface area contributed by atoms with Crippen molar-refractivity contribution in [1.82, 2.24) is 9.97 Å². The van der Waals surface area contributed by atoms with E-state index in [1.807, 2.05) is 0 Å². The van der Waals surface area contributed by atoms with E-state index in [4.69, 9.17) is 10.2 Å². The molecule has 90 valence electrons. The van der Waals surface area contributed by atoms with Crippen LogP contribution in [0.5, 0.6) is 0 Å². The lowest BCUT2D eigenvalue weighted by molar-refractivity contribution is 0.100. The molecule has 3 rings (SSSR count). The Kier molecular flexibility index (Phi) is 2.46. The Morgan fingerprint density at radius 3 is 3.06 bits per heavy atom. The number of hydrogen-bond donors (Lipinski definition) is 2. The number of aromatic nitrogens is 2. The maximum atomic E-state index is 12.0. The normalized spacial score (nSPS) is 10.9. The van der Waals surface area contributed by atoms with Crippen LogP contribution in [0.3, 0.4) is 0 Å². The number of pyridine rings is 1. The van der Waals surface area contributed by atoms with Crippen LogP contribution in [0, 0.1) is 0 Å². The Hall–Kier alpha value is -2.40. The molecule has 3 N–H and O–H groups in total. The zero-order valence-electron chi connectivity index (χ0n) is 9.51. The number of Topliss-reactive ketones (excluding diaryl/α,β-unsaturated/α-hetero) is 1. The van der Waals surface area contributed by atoms with Crippen molar-refractivity contribution in [2.24, 2.45) is 5.73 Å². The van der Waals surface area contributed by atoms with E-state index in [-0.39, 0.29) is 12.3 Å². The molecule has 0 spiro atoms. The van der Waals surface area contributed by atoms with Gasteiger partial charge in [-0.25, -0.2) is 0 Å².